The van der Waals surface area contributed by atoms with E-state index in [-0.39, 0.29) is 30.9 Å². The van der Waals surface area contributed by atoms with Crippen LogP contribution in [0, 0.1) is 0 Å². The summed E-state index contributed by atoms with van der Waals surface area (Å²) in [5.41, 5.74) is 0.624. The number of amides is 2. The minimum absolute atomic E-state index is 0.0209. The van der Waals surface area contributed by atoms with E-state index in [0.29, 0.717) is 5.56 Å². The zero-order chi connectivity index (χ0) is 18.2. The summed E-state index contributed by atoms with van der Waals surface area (Å²) in [7, 11) is 0. The van der Waals surface area contributed by atoms with E-state index in [1.807, 2.05) is 0 Å². The number of nitrogens with one attached hydrogen (secondary N) is 2. The number of aliphatic carboxylic acids is 1. The molecule has 0 unspecified atom stereocenters. The number of hydrogen-bond donors (Lipinski definition) is 3. The number of rotatable bonds is 8. The van der Waals surface area contributed by atoms with E-state index >= 15 is 0 Å². The van der Waals surface area contributed by atoms with E-state index in [0.717, 1.165) is 0 Å². The first-order valence-electron chi connectivity index (χ1n) is 7.55. The number of aromatic hydroxyl groups is 1. The zero-order valence-corrected chi connectivity index (χ0v) is 13.2. The van der Waals surface area contributed by atoms with Gasteiger partial charge in [-0.1, -0.05) is 12.1 Å². The predicted molar refractivity (Wildman–Crippen MR) is 84.4 cm³/mol. The van der Waals surface area contributed by atoms with Crippen LogP contribution in [0.5, 0.6) is 5.75 Å². The Morgan fingerprint density at radius 2 is 1.88 bits per heavy atom. The van der Waals surface area contributed by atoms with Crippen molar-refractivity contribution < 1.29 is 29.0 Å². The second kappa shape index (κ2) is 8.53. The molecule has 8 heteroatoms. The average molecular weight is 345 g/mol. The van der Waals surface area contributed by atoms with Crippen molar-refractivity contribution in [2.75, 3.05) is 6.54 Å². The molecule has 0 fully saturated rings. The molecule has 1 aromatic carbocycles. The molecule has 8 nitrogen and oxygen atoms in total. The molecule has 132 valence electrons. The van der Waals surface area contributed by atoms with Gasteiger partial charge < -0.3 is 30.1 Å². The van der Waals surface area contributed by atoms with E-state index in [2.05, 4.69) is 10.6 Å². The van der Waals surface area contributed by atoms with Crippen LogP contribution < -0.4 is 15.7 Å². The Morgan fingerprint density at radius 1 is 1.16 bits per heavy atom. The van der Waals surface area contributed by atoms with Crippen LogP contribution in [0.4, 0.5) is 0 Å². The number of furan rings is 1. The molecule has 0 aliphatic heterocycles. The van der Waals surface area contributed by atoms with Crippen molar-refractivity contribution in [3.63, 3.8) is 0 Å². The lowest BCUT2D eigenvalue weighted by atomic mass is 10.1. The van der Waals surface area contributed by atoms with Crippen molar-refractivity contribution in [1.82, 2.24) is 10.6 Å². The summed E-state index contributed by atoms with van der Waals surface area (Å²) in [6.45, 7) is 0.0321. The Bertz CT molecular complexity index is 724. The van der Waals surface area contributed by atoms with Crippen LogP contribution in [-0.2, 0) is 16.0 Å². The quantitative estimate of drug-likeness (QED) is 0.595. The minimum atomic E-state index is -1.42. The van der Waals surface area contributed by atoms with Crippen molar-refractivity contribution in [3.8, 4) is 5.75 Å². The minimum Gasteiger partial charge on any atom is -0.548 e. The van der Waals surface area contributed by atoms with Gasteiger partial charge in [-0.2, -0.15) is 0 Å². The fraction of sp³-hybridized carbons (Fsp3) is 0.235. The van der Waals surface area contributed by atoms with Gasteiger partial charge in [-0.3, -0.25) is 9.59 Å². The molecule has 0 radical (unpaired) electrons. The maximum Gasteiger partial charge on any atom is 0.286 e. The number of benzene rings is 1. The Hall–Kier alpha value is -3.29. The lowest BCUT2D eigenvalue weighted by Gasteiger charge is -2.20. The lowest BCUT2D eigenvalue weighted by molar-refractivity contribution is -0.308. The molecule has 1 atom stereocenters. The van der Waals surface area contributed by atoms with E-state index < -0.39 is 23.8 Å². The van der Waals surface area contributed by atoms with Crippen LogP contribution in [0.3, 0.4) is 0 Å². The molecular formula is C17H17N2O6-. The molecule has 0 spiro atoms. The highest BCUT2D eigenvalue weighted by Crippen LogP contribution is 2.11. The van der Waals surface area contributed by atoms with Gasteiger partial charge in [0.25, 0.3) is 5.91 Å². The smallest absolute Gasteiger partial charge is 0.286 e. The summed E-state index contributed by atoms with van der Waals surface area (Å²) in [6, 6.07) is 7.80. The maximum absolute atomic E-state index is 11.9. The van der Waals surface area contributed by atoms with Crippen LogP contribution in [-0.4, -0.2) is 35.5 Å². The highest BCUT2D eigenvalue weighted by atomic mass is 16.4. The second-order valence-electron chi connectivity index (χ2n) is 5.29. The van der Waals surface area contributed by atoms with E-state index in [4.69, 9.17) is 4.42 Å². The predicted octanol–water partition coefficient (Wildman–Crippen LogP) is -0.417. The normalized spacial score (nSPS) is 11.5. The molecule has 0 aliphatic rings. The van der Waals surface area contributed by atoms with Crippen LogP contribution in [0.25, 0.3) is 0 Å². The van der Waals surface area contributed by atoms with Crippen molar-refractivity contribution in [3.05, 3.63) is 54.0 Å². The maximum atomic E-state index is 11.9. The average Bonchev–Trinajstić information content (AvgIpc) is 3.10. The Balaban J connectivity index is 1.80. The van der Waals surface area contributed by atoms with Gasteiger partial charge in [0.1, 0.15) is 5.75 Å². The summed E-state index contributed by atoms with van der Waals surface area (Å²) in [6.07, 6.45) is 1.29. The van der Waals surface area contributed by atoms with Gasteiger partial charge in [0.15, 0.2) is 5.76 Å². The summed E-state index contributed by atoms with van der Waals surface area (Å²) in [4.78, 5) is 34.7. The fourth-order valence-electron chi connectivity index (χ4n) is 2.11. The SMILES string of the molecule is O=C(CCNC(=O)c1ccco1)N[C@@H](Cc1ccc(O)cc1)C(=O)[O-]. The first-order valence-corrected chi connectivity index (χ1v) is 7.55. The molecule has 0 saturated heterocycles. The van der Waals surface area contributed by atoms with Crippen molar-refractivity contribution >= 4 is 17.8 Å². The third-order valence-corrected chi connectivity index (χ3v) is 3.38. The van der Waals surface area contributed by atoms with Crippen molar-refractivity contribution in [1.29, 1.82) is 0 Å². The molecule has 3 N–H and O–H groups in total. The van der Waals surface area contributed by atoms with Gasteiger partial charge >= 0.3 is 0 Å². The third kappa shape index (κ3) is 5.69. The number of carbonyl (C=O) groups excluding carboxylic acids is 3. The van der Waals surface area contributed by atoms with Gasteiger partial charge in [-0.05, 0) is 36.2 Å². The molecule has 1 aromatic heterocycles. The molecule has 0 aliphatic carbocycles. The molecule has 25 heavy (non-hydrogen) atoms. The molecule has 0 saturated carbocycles. The summed E-state index contributed by atoms with van der Waals surface area (Å²) >= 11 is 0. The second-order valence-corrected chi connectivity index (χ2v) is 5.29. The topological polar surface area (TPSA) is 132 Å². The van der Waals surface area contributed by atoms with Gasteiger partial charge in [0.05, 0.1) is 18.3 Å². The third-order valence-electron chi connectivity index (χ3n) is 3.38. The van der Waals surface area contributed by atoms with E-state index in [1.54, 1.807) is 18.2 Å². The monoisotopic (exact) mass is 345 g/mol. The number of phenols is 1. The number of carbonyl (C=O) groups is 3. The molecule has 1 heterocycles. The largest absolute Gasteiger partial charge is 0.548 e. The summed E-state index contributed by atoms with van der Waals surface area (Å²) in [5.74, 6) is -2.22. The highest BCUT2D eigenvalue weighted by molar-refractivity contribution is 5.91. The molecule has 2 amide bonds. The molecule has 0 bridgehead atoms. The van der Waals surface area contributed by atoms with Crippen LogP contribution >= 0.6 is 0 Å². The number of carboxylic acids is 1. The standard InChI is InChI=1S/C17H18N2O6/c20-12-5-3-11(4-6-12)10-13(17(23)24)19-15(21)7-8-18-16(22)14-2-1-9-25-14/h1-6,9,13,20H,7-8,10H2,(H,18,22)(H,19,21)(H,23,24)/p-1/t13-/m0/s1. The molecule has 2 aromatic rings. The van der Waals surface area contributed by atoms with Crippen LogP contribution in [0.15, 0.2) is 47.1 Å². The van der Waals surface area contributed by atoms with E-state index in [9.17, 15) is 24.6 Å². The summed E-state index contributed by atoms with van der Waals surface area (Å²) < 4.78 is 4.91. The Morgan fingerprint density at radius 3 is 2.48 bits per heavy atom. The zero-order valence-electron chi connectivity index (χ0n) is 13.2. The van der Waals surface area contributed by atoms with Crippen LogP contribution in [0.1, 0.15) is 22.5 Å². The highest BCUT2D eigenvalue weighted by Gasteiger charge is 2.15. The lowest BCUT2D eigenvalue weighted by Crippen LogP contribution is -2.49. The van der Waals surface area contributed by atoms with Crippen molar-refractivity contribution in [2.45, 2.75) is 18.9 Å². The first kappa shape index (κ1) is 18.1. The van der Waals surface area contributed by atoms with Crippen LogP contribution in [0.2, 0.25) is 0 Å². The van der Waals surface area contributed by atoms with Gasteiger partial charge in [0, 0.05) is 13.0 Å². The first-order chi connectivity index (χ1) is 12.0. The number of phenolic OH excluding ortho intramolecular Hbond substituents is 1. The Labute approximate surface area is 143 Å². The van der Waals surface area contributed by atoms with Gasteiger partial charge in [-0.25, -0.2) is 0 Å². The van der Waals surface area contributed by atoms with Crippen molar-refractivity contribution in [2.24, 2.45) is 0 Å². The fourth-order valence-corrected chi connectivity index (χ4v) is 2.11. The molecular weight excluding hydrogens is 328 g/mol. The van der Waals surface area contributed by atoms with E-state index in [1.165, 1.54) is 24.5 Å². The van der Waals surface area contributed by atoms with Gasteiger partial charge in [0.2, 0.25) is 5.91 Å². The van der Waals surface area contributed by atoms with Gasteiger partial charge in [-0.15, -0.1) is 0 Å². The summed E-state index contributed by atoms with van der Waals surface area (Å²) in [5, 5.41) is 25.2. The number of hydrogen-bond acceptors (Lipinski definition) is 6. The molecule has 2 rings (SSSR count). The number of carboxylic acid groups (broad SMARTS) is 1. The Kier molecular flexibility index (Phi) is 6.16.